The number of nitrogens with zero attached hydrogens (tertiary/aromatic N) is 2. The van der Waals surface area contributed by atoms with Crippen molar-refractivity contribution in [3.63, 3.8) is 0 Å². The van der Waals surface area contributed by atoms with E-state index in [9.17, 15) is 8.22 Å². The molecule has 0 amide bonds. The van der Waals surface area contributed by atoms with Gasteiger partial charge in [-0.05, 0) is 111 Å². The van der Waals surface area contributed by atoms with Crippen LogP contribution >= 0.6 is 0 Å². The predicted octanol–water partition coefficient (Wildman–Crippen LogP) is 13.9. The van der Waals surface area contributed by atoms with Gasteiger partial charge in [0.15, 0.2) is 0 Å². The third-order valence-electron chi connectivity index (χ3n) is 9.94. The van der Waals surface area contributed by atoms with Crippen molar-refractivity contribution in [3.05, 3.63) is 205 Å². The zero-order valence-corrected chi connectivity index (χ0v) is 28.6. The molecule has 2 nitrogen and oxygen atoms in total. The summed E-state index contributed by atoms with van der Waals surface area (Å²) in [5, 5.41) is -0.428. The Balaban J connectivity index is 1.21. The first-order valence-electron chi connectivity index (χ1n) is 25.1. The summed E-state index contributed by atoms with van der Waals surface area (Å²) in [4.78, 5) is 1.70. The molecule has 2 heteroatoms. The first kappa shape index (κ1) is 18.7. The van der Waals surface area contributed by atoms with Crippen LogP contribution in [0.3, 0.4) is 0 Å². The lowest BCUT2D eigenvalue weighted by Gasteiger charge is -2.28. The van der Waals surface area contributed by atoms with Crippen LogP contribution in [0.5, 0.6) is 0 Å². The van der Waals surface area contributed by atoms with E-state index in [2.05, 4.69) is 0 Å². The second-order valence-corrected chi connectivity index (χ2v) is 13.4. The van der Waals surface area contributed by atoms with E-state index < -0.39 is 83.6 Å². The highest BCUT2D eigenvalue weighted by Gasteiger charge is 2.35. The molecule has 0 unspecified atom stereocenters. The molecule has 10 rings (SSSR count). The molecular formula is C51H38N2. The maximum atomic E-state index is 9.87. The molecule has 0 aliphatic heterocycles. The average molecular weight is 695 g/mol. The number of rotatable bonds is 6. The summed E-state index contributed by atoms with van der Waals surface area (Å²) in [6.45, 7) is 3.88. The molecule has 1 aromatic heterocycles. The van der Waals surface area contributed by atoms with E-state index in [1.807, 2.05) is 74.5 Å². The summed E-state index contributed by atoms with van der Waals surface area (Å²) < 4.78 is 145. The van der Waals surface area contributed by atoms with Crippen molar-refractivity contribution in [2.24, 2.45) is 0 Å². The van der Waals surface area contributed by atoms with Crippen molar-refractivity contribution < 1.29 is 21.9 Å². The Hall–Kier alpha value is -6.64. The van der Waals surface area contributed by atoms with Crippen LogP contribution < -0.4 is 4.90 Å². The molecule has 0 spiro atoms. The van der Waals surface area contributed by atoms with Crippen molar-refractivity contribution in [1.82, 2.24) is 4.57 Å². The monoisotopic (exact) mass is 694 g/mol. The molecule has 1 heterocycles. The maximum Gasteiger partial charge on any atom is 0.0648 e. The summed E-state index contributed by atoms with van der Waals surface area (Å²) in [5.41, 5.74) is 3.34. The van der Waals surface area contributed by atoms with E-state index in [0.717, 1.165) is 21.3 Å². The van der Waals surface area contributed by atoms with E-state index >= 15 is 0 Å². The number of fused-ring (bicyclic) bond motifs is 6. The molecular weight excluding hydrogens is 641 g/mol. The normalized spacial score (nSPS) is 17.1. The number of para-hydroxylation sites is 2. The first-order chi connectivity index (χ1) is 32.7. The van der Waals surface area contributed by atoms with Gasteiger partial charge >= 0.3 is 0 Å². The van der Waals surface area contributed by atoms with Crippen LogP contribution in [-0.4, -0.2) is 4.57 Å². The highest BCUT2D eigenvalue weighted by molar-refractivity contribution is 6.10. The number of hydrogen-bond donors (Lipinski definition) is 0. The fourth-order valence-electron chi connectivity index (χ4n) is 7.32. The summed E-state index contributed by atoms with van der Waals surface area (Å²) in [5.74, 6) is 0. The number of hydrogen-bond acceptors (Lipinski definition) is 1. The van der Waals surface area contributed by atoms with E-state index in [-0.39, 0.29) is 62.8 Å². The molecule has 0 N–H and O–H groups in total. The van der Waals surface area contributed by atoms with E-state index in [4.69, 9.17) is 13.7 Å². The molecule has 0 fully saturated rings. The minimum absolute atomic E-state index is 0.00549. The molecule has 0 atom stereocenters. The Bertz CT molecular complexity index is 3670. The summed E-state index contributed by atoms with van der Waals surface area (Å²) in [6, 6.07) is 21.2. The van der Waals surface area contributed by atoms with Gasteiger partial charge in [0.2, 0.25) is 0 Å². The molecule has 1 aliphatic carbocycles. The average Bonchev–Trinajstić information content (AvgIpc) is 3.82. The van der Waals surface area contributed by atoms with E-state index in [0.29, 0.717) is 28.1 Å². The third kappa shape index (κ3) is 5.10. The van der Waals surface area contributed by atoms with Gasteiger partial charge in [0.25, 0.3) is 0 Å². The molecule has 0 bridgehead atoms. The van der Waals surface area contributed by atoms with Gasteiger partial charge in [-0.25, -0.2) is 0 Å². The summed E-state index contributed by atoms with van der Waals surface area (Å²) in [7, 11) is 0. The summed E-state index contributed by atoms with van der Waals surface area (Å²) >= 11 is 0. The molecule has 8 aromatic carbocycles. The minimum Gasteiger partial charge on any atom is -0.310 e. The molecule has 0 saturated carbocycles. The van der Waals surface area contributed by atoms with Gasteiger partial charge in [0.1, 0.15) is 0 Å². The van der Waals surface area contributed by atoms with Gasteiger partial charge < -0.3 is 9.47 Å². The zero-order chi connectivity index (χ0) is 49.4. The lowest BCUT2D eigenvalue weighted by molar-refractivity contribution is 0.660. The molecule has 0 saturated heterocycles. The Kier molecular flexibility index (Phi) is 4.33. The quantitative estimate of drug-likeness (QED) is 0.168. The van der Waals surface area contributed by atoms with Crippen molar-refractivity contribution >= 4 is 38.9 Å². The number of benzene rings is 8. The number of anilines is 3. The minimum atomic E-state index is -0.806. The zero-order valence-electron chi connectivity index (χ0n) is 44.6. The standard InChI is InChI=1S/C51H38N2/c1-51(2)47-19-11-9-17-43(47)44-31-30-42(34-48(44)51)52(40-26-21-36(22-27-40)35-13-5-3-6-14-35)41-28-23-37(24-29-41)38-25-32-50-46(33-38)45-18-10-12-20-49(45)53(50)39-15-7-4-8-16-39/h3-34H,1-2H3/i4D,7D,8D,10D,12D,15D,16D,17D,18D,20D,25D,30D,31D,32D,33D,34D. The Labute approximate surface area is 333 Å². The maximum absolute atomic E-state index is 9.87. The third-order valence-corrected chi connectivity index (χ3v) is 9.94. The molecule has 0 radical (unpaired) electrons. The lowest BCUT2D eigenvalue weighted by Crippen LogP contribution is -2.16. The van der Waals surface area contributed by atoms with E-state index in [1.165, 1.54) is 0 Å². The van der Waals surface area contributed by atoms with Crippen molar-refractivity contribution in [3.8, 4) is 39.1 Å². The second-order valence-electron chi connectivity index (χ2n) is 13.4. The predicted molar refractivity (Wildman–Crippen MR) is 224 cm³/mol. The van der Waals surface area contributed by atoms with Gasteiger partial charge in [-0.15, -0.1) is 0 Å². The van der Waals surface area contributed by atoms with Crippen molar-refractivity contribution in [2.45, 2.75) is 19.3 Å². The van der Waals surface area contributed by atoms with Gasteiger partial charge in [-0.1, -0.05) is 141 Å². The fourth-order valence-corrected chi connectivity index (χ4v) is 7.32. The van der Waals surface area contributed by atoms with Gasteiger partial charge in [-0.3, -0.25) is 0 Å². The SMILES string of the molecule is [2H]c1cccc2c1-c1c([2H])c([2H])c(N(c3ccc(-c4ccccc4)cc3)c3ccc(-c4c([2H])c([2H])c5c(c4[2H])c4c([2H])c([2H])c([2H])c([2H])c4n5-c4c([2H])c([2H])c([2H])c([2H])c4[2H])cc3)c([2H])c1C2(C)C. The van der Waals surface area contributed by atoms with Gasteiger partial charge in [0.05, 0.1) is 33.0 Å². The van der Waals surface area contributed by atoms with Crippen LogP contribution in [0.1, 0.15) is 46.9 Å². The molecule has 252 valence electrons. The molecule has 1 aliphatic rings. The smallest absolute Gasteiger partial charge is 0.0648 e. The Morgan fingerprint density at radius 2 is 1.08 bits per heavy atom. The summed E-state index contributed by atoms with van der Waals surface area (Å²) in [6.07, 6.45) is 0. The van der Waals surface area contributed by atoms with Crippen LogP contribution in [0.25, 0.3) is 60.9 Å². The fraction of sp³-hybridized carbons (Fsp3) is 0.0588. The second kappa shape index (κ2) is 12.3. The van der Waals surface area contributed by atoms with Crippen molar-refractivity contribution in [1.29, 1.82) is 0 Å². The van der Waals surface area contributed by atoms with Gasteiger partial charge in [0, 0.05) is 38.9 Å². The van der Waals surface area contributed by atoms with Crippen LogP contribution in [0.15, 0.2) is 194 Å². The largest absolute Gasteiger partial charge is 0.310 e. The highest BCUT2D eigenvalue weighted by atomic mass is 15.1. The Morgan fingerprint density at radius 3 is 1.83 bits per heavy atom. The number of aromatic nitrogens is 1. The highest BCUT2D eigenvalue weighted by Crippen LogP contribution is 2.50. The first-order valence-corrected chi connectivity index (χ1v) is 17.1. The topological polar surface area (TPSA) is 8.17 Å². The van der Waals surface area contributed by atoms with Crippen molar-refractivity contribution in [2.75, 3.05) is 4.90 Å². The van der Waals surface area contributed by atoms with Gasteiger partial charge in [-0.2, -0.15) is 0 Å². The van der Waals surface area contributed by atoms with Crippen LogP contribution in [0, 0.1) is 0 Å². The van der Waals surface area contributed by atoms with E-state index in [1.54, 1.807) is 41.3 Å². The lowest BCUT2D eigenvalue weighted by atomic mass is 9.82. The van der Waals surface area contributed by atoms with Crippen LogP contribution in [-0.2, 0) is 5.41 Å². The van der Waals surface area contributed by atoms with Crippen LogP contribution in [0.2, 0.25) is 0 Å². The Morgan fingerprint density at radius 1 is 0.453 bits per heavy atom. The molecule has 53 heavy (non-hydrogen) atoms. The molecule has 9 aromatic rings. The van der Waals surface area contributed by atoms with Crippen LogP contribution in [0.4, 0.5) is 17.1 Å².